The molecule has 0 unspecified atom stereocenters. The zero-order valence-electron chi connectivity index (χ0n) is 7.09. The largest absolute Gasteiger partial charge is 0.464 e. The number of alkyl halides is 1. The fourth-order valence-corrected chi connectivity index (χ4v) is 1.42. The van der Waals surface area contributed by atoms with E-state index < -0.39 is 5.82 Å². The molecule has 0 spiro atoms. The van der Waals surface area contributed by atoms with Gasteiger partial charge in [-0.3, -0.25) is 4.79 Å². The van der Waals surface area contributed by atoms with Crippen LogP contribution in [0.25, 0.3) is 11.0 Å². The topological polar surface area (TPSA) is 30.2 Å². The molecule has 2 nitrogen and oxygen atoms in total. The summed E-state index contributed by atoms with van der Waals surface area (Å²) in [5.41, 5.74) is 0.413. The van der Waals surface area contributed by atoms with Crippen LogP contribution >= 0.6 is 11.6 Å². The Morgan fingerprint density at radius 1 is 1.43 bits per heavy atom. The molecule has 1 aromatic heterocycles. The van der Waals surface area contributed by atoms with Gasteiger partial charge in [-0.25, -0.2) is 4.39 Å². The standard InChI is InChI=1S/C10H6ClFO2/c11-4-6-5-14-9-3-7(12)1-2-8(9)10(6)13/h1-3,5H,4H2. The lowest BCUT2D eigenvalue weighted by Gasteiger charge is -1.98. The van der Waals surface area contributed by atoms with Gasteiger partial charge in [-0.05, 0) is 12.1 Å². The summed E-state index contributed by atoms with van der Waals surface area (Å²) in [4.78, 5) is 11.6. The molecule has 0 aliphatic heterocycles. The van der Waals surface area contributed by atoms with Gasteiger partial charge in [0.15, 0.2) is 5.43 Å². The summed E-state index contributed by atoms with van der Waals surface area (Å²) in [6.45, 7) is 0. The van der Waals surface area contributed by atoms with Crippen molar-refractivity contribution in [2.24, 2.45) is 0 Å². The highest BCUT2D eigenvalue weighted by Crippen LogP contribution is 2.13. The molecule has 0 atom stereocenters. The van der Waals surface area contributed by atoms with Crippen LogP contribution in [0.5, 0.6) is 0 Å². The van der Waals surface area contributed by atoms with Crippen LogP contribution in [-0.2, 0) is 5.88 Å². The molecule has 14 heavy (non-hydrogen) atoms. The van der Waals surface area contributed by atoms with Gasteiger partial charge < -0.3 is 4.42 Å². The van der Waals surface area contributed by atoms with Gasteiger partial charge >= 0.3 is 0 Å². The number of benzene rings is 1. The van der Waals surface area contributed by atoms with Crippen molar-refractivity contribution in [3.8, 4) is 0 Å². The molecule has 0 aliphatic rings. The van der Waals surface area contributed by atoms with Crippen molar-refractivity contribution in [1.82, 2.24) is 0 Å². The first kappa shape index (κ1) is 9.21. The third-order valence-electron chi connectivity index (χ3n) is 1.95. The third kappa shape index (κ3) is 1.40. The van der Waals surface area contributed by atoms with Gasteiger partial charge in [-0.15, -0.1) is 11.6 Å². The highest BCUT2D eigenvalue weighted by atomic mass is 35.5. The van der Waals surface area contributed by atoms with Crippen molar-refractivity contribution in [1.29, 1.82) is 0 Å². The molecule has 1 heterocycles. The number of hydrogen-bond donors (Lipinski definition) is 0. The molecule has 72 valence electrons. The summed E-state index contributed by atoms with van der Waals surface area (Å²) < 4.78 is 17.8. The van der Waals surface area contributed by atoms with Crippen LogP contribution in [0.15, 0.2) is 33.7 Å². The average Bonchev–Trinajstić information content (AvgIpc) is 2.18. The minimum absolute atomic E-state index is 0.0929. The second kappa shape index (κ2) is 3.42. The fraction of sp³-hybridized carbons (Fsp3) is 0.100. The van der Waals surface area contributed by atoms with Gasteiger partial charge in [0.25, 0.3) is 0 Å². The van der Waals surface area contributed by atoms with Crippen molar-refractivity contribution < 1.29 is 8.81 Å². The summed E-state index contributed by atoms with van der Waals surface area (Å²) in [6.07, 6.45) is 1.26. The highest BCUT2D eigenvalue weighted by molar-refractivity contribution is 6.17. The van der Waals surface area contributed by atoms with Crippen molar-refractivity contribution in [2.75, 3.05) is 0 Å². The Hall–Kier alpha value is -1.35. The Kier molecular flexibility index (Phi) is 2.25. The quantitative estimate of drug-likeness (QED) is 0.681. The smallest absolute Gasteiger partial charge is 0.197 e. The van der Waals surface area contributed by atoms with Crippen LogP contribution in [0.2, 0.25) is 0 Å². The van der Waals surface area contributed by atoms with Crippen LogP contribution in [0.1, 0.15) is 5.56 Å². The van der Waals surface area contributed by atoms with Crippen molar-refractivity contribution >= 4 is 22.6 Å². The van der Waals surface area contributed by atoms with Crippen LogP contribution in [0.4, 0.5) is 4.39 Å². The van der Waals surface area contributed by atoms with Gasteiger partial charge in [0.1, 0.15) is 11.4 Å². The van der Waals surface area contributed by atoms with E-state index in [-0.39, 0.29) is 16.9 Å². The Labute approximate surface area is 83.9 Å². The minimum Gasteiger partial charge on any atom is -0.464 e. The van der Waals surface area contributed by atoms with Crippen molar-refractivity contribution in [3.05, 3.63) is 46.1 Å². The van der Waals surface area contributed by atoms with E-state index in [0.717, 1.165) is 0 Å². The van der Waals surface area contributed by atoms with Gasteiger partial charge in [0.05, 0.1) is 23.1 Å². The predicted molar refractivity (Wildman–Crippen MR) is 52.0 cm³/mol. The Bertz CT molecular complexity index is 533. The van der Waals surface area contributed by atoms with E-state index in [1.807, 2.05) is 0 Å². The molecule has 0 amide bonds. The number of fused-ring (bicyclic) bond motifs is 1. The zero-order chi connectivity index (χ0) is 10.1. The SMILES string of the molecule is O=c1c(CCl)coc2cc(F)ccc12. The summed E-state index contributed by atoms with van der Waals surface area (Å²) in [7, 11) is 0. The maximum atomic E-state index is 12.8. The van der Waals surface area contributed by atoms with E-state index in [9.17, 15) is 9.18 Å². The number of rotatable bonds is 1. The van der Waals surface area contributed by atoms with Crippen molar-refractivity contribution in [2.45, 2.75) is 5.88 Å². The second-order valence-corrected chi connectivity index (χ2v) is 3.13. The second-order valence-electron chi connectivity index (χ2n) is 2.86. The highest BCUT2D eigenvalue weighted by Gasteiger charge is 2.06. The van der Waals surface area contributed by atoms with Gasteiger partial charge in [-0.2, -0.15) is 0 Å². The predicted octanol–water partition coefficient (Wildman–Crippen LogP) is 2.67. The average molecular weight is 213 g/mol. The maximum absolute atomic E-state index is 12.8. The van der Waals surface area contributed by atoms with Gasteiger partial charge in [0.2, 0.25) is 0 Å². The third-order valence-corrected chi connectivity index (χ3v) is 2.24. The number of hydrogen-bond acceptors (Lipinski definition) is 2. The van der Waals surface area contributed by atoms with Crippen LogP contribution in [-0.4, -0.2) is 0 Å². The molecule has 0 saturated heterocycles. The lowest BCUT2D eigenvalue weighted by Crippen LogP contribution is -2.06. The minimum atomic E-state index is -0.431. The maximum Gasteiger partial charge on any atom is 0.197 e. The summed E-state index contributed by atoms with van der Waals surface area (Å²) >= 11 is 5.53. The Morgan fingerprint density at radius 2 is 2.21 bits per heavy atom. The Morgan fingerprint density at radius 3 is 2.93 bits per heavy atom. The molecule has 0 radical (unpaired) electrons. The molecule has 0 fully saturated rings. The van der Waals surface area contributed by atoms with Crippen molar-refractivity contribution in [3.63, 3.8) is 0 Å². The molecular weight excluding hydrogens is 207 g/mol. The van der Waals surface area contributed by atoms with E-state index in [1.165, 1.54) is 24.5 Å². The van der Waals surface area contributed by atoms with Crippen LogP contribution in [0, 0.1) is 5.82 Å². The molecule has 0 N–H and O–H groups in total. The zero-order valence-corrected chi connectivity index (χ0v) is 7.84. The summed E-state index contributed by atoms with van der Waals surface area (Å²) in [5, 5.41) is 0.351. The first-order valence-electron chi connectivity index (χ1n) is 3.98. The van der Waals surface area contributed by atoms with E-state index >= 15 is 0 Å². The first-order chi connectivity index (χ1) is 6.72. The number of halogens is 2. The normalized spacial score (nSPS) is 10.7. The lowest BCUT2D eigenvalue weighted by molar-refractivity contribution is 0.584. The Balaban J connectivity index is 2.84. The van der Waals surface area contributed by atoms with Crippen LogP contribution < -0.4 is 5.43 Å². The van der Waals surface area contributed by atoms with E-state index in [2.05, 4.69) is 0 Å². The molecule has 0 bridgehead atoms. The van der Waals surface area contributed by atoms with Crippen LogP contribution in [0.3, 0.4) is 0 Å². The fourth-order valence-electron chi connectivity index (χ4n) is 1.23. The molecule has 0 aliphatic carbocycles. The summed E-state index contributed by atoms with van der Waals surface area (Å²) in [6, 6.07) is 3.79. The lowest BCUT2D eigenvalue weighted by atomic mass is 10.2. The monoisotopic (exact) mass is 212 g/mol. The van der Waals surface area contributed by atoms with E-state index in [1.54, 1.807) is 0 Å². The molecular formula is C10H6ClFO2. The molecule has 2 aromatic rings. The molecule has 4 heteroatoms. The summed E-state index contributed by atoms with van der Waals surface area (Å²) in [5.74, 6) is -0.338. The molecule has 0 saturated carbocycles. The molecule has 2 rings (SSSR count). The van der Waals surface area contributed by atoms with E-state index in [0.29, 0.717) is 10.9 Å². The van der Waals surface area contributed by atoms with E-state index in [4.69, 9.17) is 16.0 Å². The van der Waals surface area contributed by atoms with Gasteiger partial charge in [-0.1, -0.05) is 0 Å². The van der Waals surface area contributed by atoms with Gasteiger partial charge in [0, 0.05) is 6.07 Å². The first-order valence-corrected chi connectivity index (χ1v) is 4.51. The molecule has 1 aromatic carbocycles.